The van der Waals surface area contributed by atoms with Gasteiger partial charge >= 0.3 is 0 Å². The van der Waals surface area contributed by atoms with E-state index < -0.39 is 0 Å². The Morgan fingerprint density at radius 1 is 1.20 bits per heavy atom. The second-order valence-electron chi connectivity index (χ2n) is 4.97. The van der Waals surface area contributed by atoms with Crippen molar-refractivity contribution in [2.45, 2.75) is 6.42 Å². The molecule has 0 atom stereocenters. The lowest BCUT2D eigenvalue weighted by Gasteiger charge is -2.32. The molecule has 0 amide bonds. The molecule has 1 fully saturated rings. The predicted molar refractivity (Wildman–Crippen MR) is 81.2 cm³/mol. The maximum absolute atomic E-state index is 6.10. The lowest BCUT2D eigenvalue weighted by Crippen LogP contribution is -2.37. The third-order valence-corrected chi connectivity index (χ3v) is 3.98. The molecule has 0 aliphatic carbocycles. The quantitative estimate of drug-likeness (QED) is 0.783. The molecule has 20 heavy (non-hydrogen) atoms. The van der Waals surface area contributed by atoms with Gasteiger partial charge in [-0.05, 0) is 24.1 Å². The standard InChI is InChI=1S/C15H13ClN4/c16-11-4-1-3-10(7-11)12-8-17-14-13(12)15(19-9-18-14)20-5-2-6-20/h1,3-4,7-9H,2,5-6H2,(H,17,18,19). The normalized spacial score (nSPS) is 14.6. The fraction of sp³-hybridized carbons (Fsp3) is 0.200. The summed E-state index contributed by atoms with van der Waals surface area (Å²) in [5.41, 5.74) is 3.06. The van der Waals surface area contributed by atoms with E-state index in [9.17, 15) is 0 Å². The summed E-state index contributed by atoms with van der Waals surface area (Å²) in [5.74, 6) is 1.01. The van der Waals surface area contributed by atoms with Crippen molar-refractivity contribution in [3.8, 4) is 11.1 Å². The molecule has 1 N–H and O–H groups in total. The van der Waals surface area contributed by atoms with Crippen molar-refractivity contribution in [2.75, 3.05) is 18.0 Å². The molecule has 3 aromatic rings. The molecule has 100 valence electrons. The molecule has 1 aromatic carbocycles. The highest BCUT2D eigenvalue weighted by Crippen LogP contribution is 2.35. The fourth-order valence-electron chi connectivity index (χ4n) is 2.60. The Kier molecular flexibility index (Phi) is 2.63. The van der Waals surface area contributed by atoms with Gasteiger partial charge in [-0.1, -0.05) is 23.7 Å². The van der Waals surface area contributed by atoms with Crippen LogP contribution in [0.15, 0.2) is 36.8 Å². The van der Waals surface area contributed by atoms with Crippen LogP contribution in [-0.4, -0.2) is 28.0 Å². The van der Waals surface area contributed by atoms with Gasteiger partial charge in [0.05, 0.1) is 5.39 Å². The first-order chi connectivity index (χ1) is 9.83. The van der Waals surface area contributed by atoms with E-state index in [0.29, 0.717) is 0 Å². The first-order valence-electron chi connectivity index (χ1n) is 6.66. The zero-order chi connectivity index (χ0) is 13.5. The SMILES string of the molecule is Clc1cccc(-c2c[nH]c3ncnc(N4CCC4)c23)c1. The number of aromatic amines is 1. The number of hydrogen-bond acceptors (Lipinski definition) is 3. The summed E-state index contributed by atoms with van der Waals surface area (Å²) in [6, 6.07) is 7.87. The van der Waals surface area contributed by atoms with Gasteiger partial charge in [-0.15, -0.1) is 0 Å². The molecule has 0 radical (unpaired) electrons. The zero-order valence-corrected chi connectivity index (χ0v) is 11.6. The van der Waals surface area contributed by atoms with Crippen molar-refractivity contribution < 1.29 is 0 Å². The molecule has 4 nitrogen and oxygen atoms in total. The second-order valence-corrected chi connectivity index (χ2v) is 5.41. The highest BCUT2D eigenvalue weighted by atomic mass is 35.5. The number of halogens is 1. The van der Waals surface area contributed by atoms with E-state index in [-0.39, 0.29) is 0 Å². The summed E-state index contributed by atoms with van der Waals surface area (Å²) in [7, 11) is 0. The number of aromatic nitrogens is 3. The van der Waals surface area contributed by atoms with Gasteiger partial charge in [0, 0.05) is 29.9 Å². The third kappa shape index (κ3) is 1.76. The highest BCUT2D eigenvalue weighted by molar-refractivity contribution is 6.31. The fourth-order valence-corrected chi connectivity index (χ4v) is 2.79. The van der Waals surface area contributed by atoms with Crippen LogP contribution >= 0.6 is 11.6 Å². The summed E-state index contributed by atoms with van der Waals surface area (Å²) < 4.78 is 0. The van der Waals surface area contributed by atoms with Gasteiger partial charge in [0.2, 0.25) is 0 Å². The van der Waals surface area contributed by atoms with Crippen molar-refractivity contribution >= 4 is 28.5 Å². The number of nitrogens with one attached hydrogen (secondary N) is 1. The number of rotatable bonds is 2. The maximum atomic E-state index is 6.10. The van der Waals surface area contributed by atoms with Crippen LogP contribution in [0.2, 0.25) is 5.02 Å². The third-order valence-electron chi connectivity index (χ3n) is 3.74. The molecular weight excluding hydrogens is 272 g/mol. The molecule has 3 heterocycles. The largest absolute Gasteiger partial charge is 0.356 e. The van der Waals surface area contributed by atoms with E-state index >= 15 is 0 Å². The van der Waals surface area contributed by atoms with Crippen LogP contribution in [0.4, 0.5) is 5.82 Å². The number of hydrogen-bond donors (Lipinski definition) is 1. The van der Waals surface area contributed by atoms with Crippen LogP contribution in [0.5, 0.6) is 0 Å². The van der Waals surface area contributed by atoms with Crippen LogP contribution in [0.25, 0.3) is 22.2 Å². The van der Waals surface area contributed by atoms with E-state index in [1.54, 1.807) is 6.33 Å². The minimum atomic E-state index is 0.735. The number of fused-ring (bicyclic) bond motifs is 1. The van der Waals surface area contributed by atoms with Gasteiger partial charge in [-0.2, -0.15) is 0 Å². The minimum absolute atomic E-state index is 0.735. The molecule has 1 saturated heterocycles. The monoisotopic (exact) mass is 284 g/mol. The zero-order valence-electron chi connectivity index (χ0n) is 10.8. The summed E-state index contributed by atoms with van der Waals surface area (Å²) in [6.45, 7) is 2.12. The van der Waals surface area contributed by atoms with Gasteiger partial charge in [-0.25, -0.2) is 9.97 Å². The summed E-state index contributed by atoms with van der Waals surface area (Å²) in [6.07, 6.45) is 4.82. The van der Waals surface area contributed by atoms with E-state index in [1.807, 2.05) is 24.4 Å². The van der Waals surface area contributed by atoms with Crippen LogP contribution in [-0.2, 0) is 0 Å². The Bertz CT molecular complexity index is 776. The Morgan fingerprint density at radius 3 is 2.85 bits per heavy atom. The molecule has 4 rings (SSSR count). The van der Waals surface area contributed by atoms with Crippen molar-refractivity contribution in [3.63, 3.8) is 0 Å². The number of benzene rings is 1. The lowest BCUT2D eigenvalue weighted by atomic mass is 10.1. The number of H-pyrrole nitrogens is 1. The highest BCUT2D eigenvalue weighted by Gasteiger charge is 2.21. The molecule has 5 heteroatoms. The Morgan fingerprint density at radius 2 is 2.10 bits per heavy atom. The minimum Gasteiger partial charge on any atom is -0.356 e. The molecule has 0 unspecified atom stereocenters. The summed E-state index contributed by atoms with van der Waals surface area (Å²) >= 11 is 6.10. The smallest absolute Gasteiger partial charge is 0.143 e. The molecule has 1 aliphatic heterocycles. The molecule has 2 aromatic heterocycles. The topological polar surface area (TPSA) is 44.8 Å². The average Bonchev–Trinajstić information content (AvgIpc) is 2.81. The van der Waals surface area contributed by atoms with E-state index in [0.717, 1.165) is 46.1 Å². The Hall–Kier alpha value is -2.07. The van der Waals surface area contributed by atoms with Crippen LogP contribution in [0.3, 0.4) is 0 Å². The van der Waals surface area contributed by atoms with Gasteiger partial charge in [0.15, 0.2) is 0 Å². The van der Waals surface area contributed by atoms with E-state index in [1.165, 1.54) is 6.42 Å². The van der Waals surface area contributed by atoms with Crippen molar-refractivity contribution in [3.05, 3.63) is 41.8 Å². The molecule has 0 spiro atoms. The molecule has 0 saturated carbocycles. The van der Waals surface area contributed by atoms with Gasteiger partial charge in [0.1, 0.15) is 17.8 Å². The van der Waals surface area contributed by atoms with Gasteiger partial charge in [-0.3, -0.25) is 0 Å². The summed E-state index contributed by atoms with van der Waals surface area (Å²) in [4.78, 5) is 14.3. The van der Waals surface area contributed by atoms with Gasteiger partial charge in [0.25, 0.3) is 0 Å². The van der Waals surface area contributed by atoms with E-state index in [4.69, 9.17) is 11.6 Å². The molecule has 0 bridgehead atoms. The number of anilines is 1. The van der Waals surface area contributed by atoms with Crippen LogP contribution in [0, 0.1) is 0 Å². The Labute approximate surface area is 121 Å². The molecular formula is C15H13ClN4. The van der Waals surface area contributed by atoms with Crippen molar-refractivity contribution in [1.82, 2.24) is 15.0 Å². The molecule has 1 aliphatic rings. The first kappa shape index (κ1) is 11.7. The second kappa shape index (κ2) is 4.49. The number of nitrogens with zero attached hydrogens (tertiary/aromatic N) is 3. The average molecular weight is 285 g/mol. The van der Waals surface area contributed by atoms with Crippen LogP contribution in [0.1, 0.15) is 6.42 Å². The summed E-state index contributed by atoms with van der Waals surface area (Å²) in [5, 5.41) is 1.81. The Balaban J connectivity index is 1.95. The lowest BCUT2D eigenvalue weighted by molar-refractivity contribution is 0.611. The first-order valence-corrected chi connectivity index (χ1v) is 7.04. The van der Waals surface area contributed by atoms with Crippen LogP contribution < -0.4 is 4.90 Å². The van der Waals surface area contributed by atoms with Crippen molar-refractivity contribution in [2.24, 2.45) is 0 Å². The predicted octanol–water partition coefficient (Wildman–Crippen LogP) is 3.49. The maximum Gasteiger partial charge on any atom is 0.143 e. The van der Waals surface area contributed by atoms with Gasteiger partial charge < -0.3 is 9.88 Å². The van der Waals surface area contributed by atoms with Crippen molar-refractivity contribution in [1.29, 1.82) is 0 Å². The van der Waals surface area contributed by atoms with E-state index in [2.05, 4.69) is 25.9 Å².